The third-order valence-corrected chi connectivity index (χ3v) is 3.41. The minimum absolute atomic E-state index is 0.297. The van der Waals surface area contributed by atoms with Gasteiger partial charge in [0.2, 0.25) is 0 Å². The van der Waals surface area contributed by atoms with Crippen LogP contribution in [0.1, 0.15) is 24.5 Å². The van der Waals surface area contributed by atoms with Crippen molar-refractivity contribution in [1.29, 1.82) is 0 Å². The Balaban J connectivity index is 2.04. The van der Waals surface area contributed by atoms with Crippen molar-refractivity contribution in [1.82, 2.24) is 9.61 Å². The Kier molecular flexibility index (Phi) is 2.63. The van der Waals surface area contributed by atoms with Crippen molar-refractivity contribution in [2.45, 2.75) is 18.8 Å². The molecule has 0 bridgehead atoms. The lowest BCUT2D eigenvalue weighted by Gasteiger charge is -2.06. The fourth-order valence-electron chi connectivity index (χ4n) is 2.39. The van der Waals surface area contributed by atoms with Crippen LogP contribution in [-0.2, 0) is 0 Å². The molecule has 2 aromatic heterocycles. The number of hydrogen-bond donors (Lipinski definition) is 1. The van der Waals surface area contributed by atoms with Crippen LogP contribution in [0.5, 0.6) is 0 Å². The Labute approximate surface area is 106 Å². The van der Waals surface area contributed by atoms with Gasteiger partial charge in [-0.25, -0.2) is 9.09 Å². The van der Waals surface area contributed by atoms with Gasteiger partial charge in [-0.2, -0.15) is 5.10 Å². The number of nitrogens with two attached hydrogens (primary N) is 1. The smallest absolute Gasteiger partial charge is 0.164 e. The summed E-state index contributed by atoms with van der Waals surface area (Å²) < 4.78 is 3.95. The maximum absolute atomic E-state index is 6.21. The van der Waals surface area contributed by atoms with Crippen molar-refractivity contribution >= 4 is 17.4 Å². The van der Waals surface area contributed by atoms with E-state index in [0.717, 1.165) is 29.7 Å². The molecule has 1 unspecified atom stereocenters. The van der Waals surface area contributed by atoms with E-state index < -0.39 is 0 Å². The second-order valence-corrected chi connectivity index (χ2v) is 4.70. The molecule has 2 N–H and O–H groups in total. The predicted molar refractivity (Wildman–Crippen MR) is 73.0 cm³/mol. The number of anilines is 1. The van der Waals surface area contributed by atoms with Crippen LogP contribution in [-0.4, -0.2) is 27.5 Å². The molecular formula is C14H17N4+. The molecule has 2 aromatic rings. The van der Waals surface area contributed by atoms with Gasteiger partial charge in [0.15, 0.2) is 6.20 Å². The van der Waals surface area contributed by atoms with Crippen LogP contribution < -0.4 is 5.73 Å². The first kappa shape index (κ1) is 11.0. The van der Waals surface area contributed by atoms with Gasteiger partial charge < -0.3 is 5.73 Å². The normalized spacial score (nSPS) is 19.8. The van der Waals surface area contributed by atoms with Crippen LogP contribution in [0.25, 0.3) is 5.52 Å². The molecule has 1 aliphatic rings. The summed E-state index contributed by atoms with van der Waals surface area (Å²) in [4.78, 5) is 0. The molecule has 0 saturated carbocycles. The van der Waals surface area contributed by atoms with E-state index in [-0.39, 0.29) is 0 Å². The molecule has 0 fully saturated rings. The SMILES string of the molecule is C[N+]1=CCCC(c2nn3ccccc3c2N)C=C1. The van der Waals surface area contributed by atoms with Crippen molar-refractivity contribution < 1.29 is 4.58 Å². The molecule has 0 saturated heterocycles. The number of aromatic nitrogens is 2. The number of hydrogen-bond acceptors (Lipinski definition) is 2. The lowest BCUT2D eigenvalue weighted by molar-refractivity contribution is -0.417. The average Bonchev–Trinajstić information content (AvgIpc) is 2.57. The Bertz CT molecular complexity index is 636. The molecule has 1 aliphatic heterocycles. The summed E-state index contributed by atoms with van der Waals surface area (Å²) in [7, 11) is 2.05. The number of rotatable bonds is 1. The monoisotopic (exact) mass is 241 g/mol. The van der Waals surface area contributed by atoms with Gasteiger partial charge in [-0.05, 0) is 24.6 Å². The molecule has 1 atom stereocenters. The molecule has 0 spiro atoms. The second kappa shape index (κ2) is 4.29. The zero-order valence-electron chi connectivity index (χ0n) is 10.5. The molecule has 0 aromatic carbocycles. The first-order valence-corrected chi connectivity index (χ1v) is 6.22. The van der Waals surface area contributed by atoms with Crippen LogP contribution in [0.15, 0.2) is 36.7 Å². The number of nitrogens with zero attached hydrogens (tertiary/aromatic N) is 3. The summed E-state index contributed by atoms with van der Waals surface area (Å²) in [6, 6.07) is 5.96. The maximum atomic E-state index is 6.21. The van der Waals surface area contributed by atoms with E-state index in [0.29, 0.717) is 5.92 Å². The largest absolute Gasteiger partial charge is 0.395 e. The number of pyridine rings is 1. The van der Waals surface area contributed by atoms with Gasteiger partial charge in [0.25, 0.3) is 0 Å². The lowest BCUT2D eigenvalue weighted by atomic mass is 9.99. The summed E-state index contributed by atoms with van der Waals surface area (Å²) in [5.41, 5.74) is 8.99. The average molecular weight is 241 g/mol. The van der Waals surface area contributed by atoms with Crippen LogP contribution in [0.2, 0.25) is 0 Å². The van der Waals surface area contributed by atoms with E-state index in [2.05, 4.69) is 28.2 Å². The minimum Gasteiger partial charge on any atom is -0.395 e. The molecule has 0 radical (unpaired) electrons. The van der Waals surface area contributed by atoms with Gasteiger partial charge in [0, 0.05) is 18.5 Å². The molecule has 4 heteroatoms. The fourth-order valence-corrected chi connectivity index (χ4v) is 2.39. The Morgan fingerprint density at radius 2 is 2.33 bits per heavy atom. The maximum Gasteiger partial charge on any atom is 0.164 e. The Morgan fingerprint density at radius 1 is 1.44 bits per heavy atom. The van der Waals surface area contributed by atoms with Crippen LogP contribution in [0, 0.1) is 0 Å². The van der Waals surface area contributed by atoms with Crippen molar-refractivity contribution in [3.63, 3.8) is 0 Å². The quantitative estimate of drug-likeness (QED) is 0.776. The van der Waals surface area contributed by atoms with E-state index in [1.165, 1.54) is 0 Å². The summed E-state index contributed by atoms with van der Waals surface area (Å²) in [5, 5.41) is 4.61. The Hall–Kier alpha value is -2.10. The van der Waals surface area contributed by atoms with Gasteiger partial charge in [-0.15, -0.1) is 0 Å². The van der Waals surface area contributed by atoms with Gasteiger partial charge in [0.1, 0.15) is 13.3 Å². The van der Waals surface area contributed by atoms with E-state index >= 15 is 0 Å². The molecular weight excluding hydrogens is 224 g/mol. The van der Waals surface area contributed by atoms with E-state index in [4.69, 9.17) is 5.73 Å². The van der Waals surface area contributed by atoms with Gasteiger partial charge >= 0.3 is 0 Å². The number of nitrogen functional groups attached to an aromatic ring is 1. The highest BCUT2D eigenvalue weighted by atomic mass is 15.2. The fraction of sp³-hybridized carbons (Fsp3) is 0.286. The topological polar surface area (TPSA) is 46.3 Å². The lowest BCUT2D eigenvalue weighted by Crippen LogP contribution is -2.00. The van der Waals surface area contributed by atoms with Crippen molar-refractivity contribution in [3.05, 3.63) is 42.4 Å². The highest BCUT2D eigenvalue weighted by molar-refractivity contribution is 5.72. The van der Waals surface area contributed by atoms with Crippen molar-refractivity contribution in [3.8, 4) is 0 Å². The third kappa shape index (κ3) is 1.79. The van der Waals surface area contributed by atoms with Crippen LogP contribution >= 0.6 is 0 Å². The molecule has 3 heterocycles. The molecule has 0 amide bonds. The highest BCUT2D eigenvalue weighted by Crippen LogP contribution is 2.30. The highest BCUT2D eigenvalue weighted by Gasteiger charge is 2.19. The van der Waals surface area contributed by atoms with Crippen LogP contribution in [0.3, 0.4) is 0 Å². The zero-order chi connectivity index (χ0) is 12.5. The van der Waals surface area contributed by atoms with E-state index in [9.17, 15) is 0 Å². The first-order chi connectivity index (χ1) is 8.75. The van der Waals surface area contributed by atoms with Gasteiger partial charge in [-0.3, -0.25) is 0 Å². The molecule has 4 nitrogen and oxygen atoms in total. The summed E-state index contributed by atoms with van der Waals surface area (Å²) in [6.07, 6.45) is 10.5. The zero-order valence-corrected chi connectivity index (χ0v) is 10.5. The Morgan fingerprint density at radius 3 is 3.17 bits per heavy atom. The van der Waals surface area contributed by atoms with Crippen LogP contribution in [0.4, 0.5) is 5.69 Å². The first-order valence-electron chi connectivity index (χ1n) is 6.22. The number of fused-ring (bicyclic) bond motifs is 1. The third-order valence-electron chi connectivity index (χ3n) is 3.41. The molecule has 0 aliphatic carbocycles. The molecule has 92 valence electrons. The van der Waals surface area contributed by atoms with E-state index in [1.807, 2.05) is 36.0 Å². The summed E-state index contributed by atoms with van der Waals surface area (Å²) >= 11 is 0. The summed E-state index contributed by atoms with van der Waals surface area (Å²) in [5.74, 6) is 0.297. The second-order valence-electron chi connectivity index (χ2n) is 4.70. The predicted octanol–water partition coefficient (Wildman–Crippen LogP) is 2.02. The molecule has 18 heavy (non-hydrogen) atoms. The summed E-state index contributed by atoms with van der Waals surface area (Å²) in [6.45, 7) is 0. The van der Waals surface area contributed by atoms with Gasteiger partial charge in [-0.1, -0.05) is 6.07 Å². The molecule has 3 rings (SSSR count). The van der Waals surface area contributed by atoms with Crippen molar-refractivity contribution in [2.75, 3.05) is 12.8 Å². The number of allylic oxidation sites excluding steroid dienone is 1. The minimum atomic E-state index is 0.297. The van der Waals surface area contributed by atoms with E-state index in [1.54, 1.807) is 0 Å². The standard InChI is InChI=1S/C14H17N4/c1-17-8-4-5-11(7-10-17)14-13(15)12-6-2-3-9-18(12)16-14/h2-3,6-11H,4-5,15H2,1H3/q+1. The van der Waals surface area contributed by atoms with Crippen molar-refractivity contribution in [2.24, 2.45) is 0 Å². The van der Waals surface area contributed by atoms with Gasteiger partial charge in [0.05, 0.1) is 16.9 Å².